The zero-order chi connectivity index (χ0) is 9.84. The van der Waals surface area contributed by atoms with E-state index in [9.17, 15) is 0 Å². The van der Waals surface area contributed by atoms with E-state index in [1.54, 1.807) is 0 Å². The summed E-state index contributed by atoms with van der Waals surface area (Å²) in [5.74, 6) is 0.151. The van der Waals surface area contributed by atoms with E-state index in [0.717, 1.165) is 22.0 Å². The summed E-state index contributed by atoms with van der Waals surface area (Å²) in [6.45, 7) is 2.02. The van der Waals surface area contributed by atoms with Gasteiger partial charge in [-0.1, -0.05) is 40.1 Å². The molecule has 3 N–H and O–H groups in total. The zero-order valence-corrected chi connectivity index (χ0v) is 8.87. The lowest BCUT2D eigenvalue weighted by molar-refractivity contribution is 0.318. The molecule has 0 bridgehead atoms. The molecule has 0 aliphatic carbocycles. The summed E-state index contributed by atoms with van der Waals surface area (Å²) in [5.41, 5.74) is 7.35. The van der Waals surface area contributed by atoms with E-state index in [2.05, 4.69) is 21.1 Å². The van der Waals surface area contributed by atoms with Gasteiger partial charge in [-0.15, -0.1) is 0 Å². The fraction of sp³-hybridized carbons (Fsp3) is 0.222. The van der Waals surface area contributed by atoms with Gasteiger partial charge in [-0.05, 0) is 18.1 Å². The molecule has 0 aromatic heterocycles. The van der Waals surface area contributed by atoms with Crippen molar-refractivity contribution in [1.29, 1.82) is 0 Å². The van der Waals surface area contributed by atoms with Crippen LogP contribution in [0.3, 0.4) is 0 Å². The van der Waals surface area contributed by atoms with Gasteiger partial charge in [-0.2, -0.15) is 0 Å². The molecule has 0 aliphatic heterocycles. The summed E-state index contributed by atoms with van der Waals surface area (Å²) in [4.78, 5) is 0. The van der Waals surface area contributed by atoms with Gasteiger partial charge in [0.25, 0.3) is 0 Å². The van der Waals surface area contributed by atoms with E-state index in [-0.39, 0.29) is 5.84 Å². The molecule has 0 unspecified atom stereocenters. The minimum Gasteiger partial charge on any atom is -0.409 e. The van der Waals surface area contributed by atoms with Crippen LogP contribution in [0.1, 0.15) is 18.1 Å². The van der Waals surface area contributed by atoms with Gasteiger partial charge in [0, 0.05) is 10.0 Å². The Bertz CT molecular complexity index is 336. The van der Waals surface area contributed by atoms with Crippen molar-refractivity contribution in [2.75, 3.05) is 0 Å². The second-order valence-corrected chi connectivity index (χ2v) is 3.46. The summed E-state index contributed by atoms with van der Waals surface area (Å²) < 4.78 is 0.985. The topological polar surface area (TPSA) is 58.6 Å². The number of benzene rings is 1. The Morgan fingerprint density at radius 2 is 2.31 bits per heavy atom. The Hall–Kier alpha value is -1.03. The van der Waals surface area contributed by atoms with Crippen molar-refractivity contribution >= 4 is 21.8 Å². The number of halogens is 1. The van der Waals surface area contributed by atoms with Crippen LogP contribution in [0.15, 0.2) is 27.8 Å². The van der Waals surface area contributed by atoms with Crippen molar-refractivity contribution in [3.8, 4) is 0 Å². The summed E-state index contributed by atoms with van der Waals surface area (Å²) >= 11 is 3.41. The van der Waals surface area contributed by atoms with Gasteiger partial charge in [-0.3, -0.25) is 0 Å². The number of rotatable bonds is 2. The average Bonchev–Trinajstić information content (AvgIpc) is 2.16. The highest BCUT2D eigenvalue weighted by molar-refractivity contribution is 9.10. The van der Waals surface area contributed by atoms with Gasteiger partial charge in [0.05, 0.1) is 0 Å². The summed E-state index contributed by atoms with van der Waals surface area (Å²) in [6.07, 6.45) is 0.840. The monoisotopic (exact) mass is 242 g/mol. The van der Waals surface area contributed by atoms with Gasteiger partial charge in [0.15, 0.2) is 5.84 Å². The van der Waals surface area contributed by atoms with Crippen LogP contribution in [-0.4, -0.2) is 11.0 Å². The molecule has 0 amide bonds. The lowest BCUT2D eigenvalue weighted by Crippen LogP contribution is -2.15. The maximum Gasteiger partial charge on any atom is 0.170 e. The first kappa shape index (κ1) is 10.1. The third-order valence-corrected chi connectivity index (χ3v) is 2.60. The van der Waals surface area contributed by atoms with Crippen molar-refractivity contribution in [2.24, 2.45) is 10.9 Å². The molecule has 0 saturated carbocycles. The predicted molar refractivity (Wildman–Crippen MR) is 56.0 cm³/mol. The highest BCUT2D eigenvalue weighted by Gasteiger charge is 2.07. The van der Waals surface area contributed by atoms with Crippen LogP contribution in [0.25, 0.3) is 0 Å². The molecular formula is C9H11BrN2O. The molecular weight excluding hydrogens is 232 g/mol. The lowest BCUT2D eigenvalue weighted by Gasteiger charge is -2.07. The fourth-order valence-corrected chi connectivity index (χ4v) is 1.86. The van der Waals surface area contributed by atoms with Crippen molar-refractivity contribution < 1.29 is 5.21 Å². The average molecular weight is 243 g/mol. The van der Waals surface area contributed by atoms with E-state index >= 15 is 0 Å². The first-order chi connectivity index (χ1) is 6.20. The fourth-order valence-electron chi connectivity index (χ4n) is 1.21. The number of oxime groups is 1. The number of nitrogens with zero attached hydrogens (tertiary/aromatic N) is 1. The molecule has 0 fully saturated rings. The minimum absolute atomic E-state index is 0.151. The lowest BCUT2D eigenvalue weighted by atomic mass is 10.0. The van der Waals surface area contributed by atoms with Crippen LogP contribution >= 0.6 is 15.9 Å². The van der Waals surface area contributed by atoms with Crippen LogP contribution in [0, 0.1) is 0 Å². The molecule has 1 rings (SSSR count). The summed E-state index contributed by atoms with van der Waals surface area (Å²) in [7, 11) is 0. The molecule has 4 heteroatoms. The number of hydrogen-bond acceptors (Lipinski definition) is 2. The van der Waals surface area contributed by atoms with E-state index in [4.69, 9.17) is 10.9 Å². The van der Waals surface area contributed by atoms with Crippen LogP contribution in [0.5, 0.6) is 0 Å². The highest BCUT2D eigenvalue weighted by Crippen LogP contribution is 2.20. The number of amidine groups is 1. The van der Waals surface area contributed by atoms with Gasteiger partial charge >= 0.3 is 0 Å². The quantitative estimate of drug-likeness (QED) is 0.361. The van der Waals surface area contributed by atoms with Crippen LogP contribution in [0.4, 0.5) is 0 Å². The maximum absolute atomic E-state index is 8.55. The normalized spacial score (nSPS) is 11.7. The molecule has 1 aromatic carbocycles. The molecule has 1 aromatic rings. The second-order valence-electron chi connectivity index (χ2n) is 2.60. The molecule has 0 heterocycles. The molecule has 3 nitrogen and oxygen atoms in total. The molecule has 0 aliphatic rings. The van der Waals surface area contributed by atoms with Crippen molar-refractivity contribution in [1.82, 2.24) is 0 Å². The molecule has 0 saturated heterocycles. The third kappa shape index (κ3) is 2.01. The Labute approximate surface area is 85.4 Å². The van der Waals surface area contributed by atoms with Crippen molar-refractivity contribution in [3.05, 3.63) is 33.8 Å². The first-order valence-electron chi connectivity index (χ1n) is 3.96. The minimum atomic E-state index is 0.151. The third-order valence-electron chi connectivity index (χ3n) is 1.86. The van der Waals surface area contributed by atoms with Crippen molar-refractivity contribution in [2.45, 2.75) is 13.3 Å². The van der Waals surface area contributed by atoms with Crippen LogP contribution in [-0.2, 0) is 6.42 Å². The number of nitrogens with two attached hydrogens (primary N) is 1. The molecule has 70 valence electrons. The second kappa shape index (κ2) is 4.28. The van der Waals surface area contributed by atoms with Crippen LogP contribution < -0.4 is 5.73 Å². The van der Waals surface area contributed by atoms with E-state index in [0.29, 0.717) is 0 Å². The van der Waals surface area contributed by atoms with Crippen molar-refractivity contribution in [3.63, 3.8) is 0 Å². The van der Waals surface area contributed by atoms with E-state index < -0.39 is 0 Å². The Morgan fingerprint density at radius 3 is 2.85 bits per heavy atom. The molecule has 0 radical (unpaired) electrons. The van der Waals surface area contributed by atoms with Gasteiger partial charge < -0.3 is 10.9 Å². The van der Waals surface area contributed by atoms with Gasteiger partial charge in [0.1, 0.15) is 0 Å². The zero-order valence-electron chi connectivity index (χ0n) is 7.29. The van der Waals surface area contributed by atoms with Gasteiger partial charge in [0.2, 0.25) is 0 Å². The summed E-state index contributed by atoms with van der Waals surface area (Å²) in [5, 5.41) is 11.5. The number of hydrogen-bond donors (Lipinski definition) is 2. The van der Waals surface area contributed by atoms with E-state index in [1.807, 2.05) is 25.1 Å². The SMILES string of the molecule is CCc1c(Br)cccc1/C(N)=N\O. The standard InChI is InChI=1S/C9H11BrN2O/c1-2-6-7(9(11)12-13)4-3-5-8(6)10/h3-5,13H,2H2,1H3,(H2,11,12). The van der Waals surface area contributed by atoms with E-state index in [1.165, 1.54) is 0 Å². The molecule has 0 atom stereocenters. The largest absolute Gasteiger partial charge is 0.409 e. The molecule has 0 spiro atoms. The predicted octanol–water partition coefficient (Wildman–Crippen LogP) is 2.11. The van der Waals surface area contributed by atoms with Crippen LogP contribution in [0.2, 0.25) is 0 Å². The highest BCUT2D eigenvalue weighted by atomic mass is 79.9. The smallest absolute Gasteiger partial charge is 0.170 e. The Morgan fingerprint density at radius 1 is 1.62 bits per heavy atom. The molecule has 13 heavy (non-hydrogen) atoms. The van der Waals surface area contributed by atoms with Gasteiger partial charge in [-0.25, -0.2) is 0 Å². The maximum atomic E-state index is 8.55. The first-order valence-corrected chi connectivity index (χ1v) is 4.75. The Kier molecular flexibility index (Phi) is 3.31. The Balaban J connectivity index is 3.28. The summed E-state index contributed by atoms with van der Waals surface area (Å²) in [6, 6.07) is 5.63.